The molecule has 2 rings (SSSR count). The van der Waals surface area contributed by atoms with E-state index in [-0.39, 0.29) is 17.2 Å². The van der Waals surface area contributed by atoms with Gasteiger partial charge in [0.1, 0.15) is 23.0 Å². The van der Waals surface area contributed by atoms with Gasteiger partial charge >= 0.3 is 12.1 Å². The Kier molecular flexibility index (Phi) is 4.90. The van der Waals surface area contributed by atoms with Crippen LogP contribution in [-0.4, -0.2) is 23.8 Å². The highest BCUT2D eigenvalue weighted by atomic mass is 32.1. The van der Waals surface area contributed by atoms with Crippen LogP contribution < -0.4 is 5.32 Å². The van der Waals surface area contributed by atoms with E-state index in [4.69, 9.17) is 4.74 Å². The second-order valence-electron chi connectivity index (χ2n) is 4.18. The number of thiophene rings is 1. The minimum Gasteiger partial charge on any atom is -0.478 e. The monoisotopic (exact) mass is 321 g/mol. The first-order valence-electron chi connectivity index (χ1n) is 6.18. The van der Waals surface area contributed by atoms with Crippen LogP contribution in [0.5, 0.6) is 0 Å². The highest BCUT2D eigenvalue weighted by molar-refractivity contribution is 7.15. The van der Waals surface area contributed by atoms with Gasteiger partial charge in [0.05, 0.1) is 0 Å². The van der Waals surface area contributed by atoms with E-state index in [1.807, 2.05) is 0 Å². The van der Waals surface area contributed by atoms with Gasteiger partial charge in [0, 0.05) is 10.9 Å². The normalized spacial score (nSPS) is 10.0. The van der Waals surface area contributed by atoms with Crippen molar-refractivity contribution in [2.24, 2.45) is 0 Å². The fourth-order valence-corrected chi connectivity index (χ4v) is 2.71. The van der Waals surface area contributed by atoms with Crippen LogP contribution in [0.25, 0.3) is 11.1 Å². The molecule has 114 valence electrons. The van der Waals surface area contributed by atoms with Crippen molar-refractivity contribution in [3.63, 3.8) is 0 Å². The third-order valence-electron chi connectivity index (χ3n) is 2.71. The molecule has 1 amide bonds. The molecule has 1 aromatic carbocycles. The van der Waals surface area contributed by atoms with Crippen LogP contribution in [-0.2, 0) is 4.74 Å². The second kappa shape index (κ2) is 6.86. The van der Waals surface area contributed by atoms with Crippen molar-refractivity contribution < 1.29 is 23.8 Å². The van der Waals surface area contributed by atoms with Crippen molar-refractivity contribution in [1.29, 1.82) is 0 Å². The van der Waals surface area contributed by atoms with Gasteiger partial charge in [-0.2, -0.15) is 0 Å². The number of benzene rings is 1. The van der Waals surface area contributed by atoms with Gasteiger partial charge in [-0.3, -0.25) is 5.32 Å². The van der Waals surface area contributed by atoms with E-state index < -0.39 is 17.9 Å². The van der Waals surface area contributed by atoms with Gasteiger partial charge in [-0.25, -0.2) is 14.0 Å². The Bertz CT molecular complexity index is 709. The van der Waals surface area contributed by atoms with E-state index in [9.17, 15) is 19.1 Å². The third kappa shape index (κ3) is 3.50. The minimum absolute atomic E-state index is 0.0183. The SMILES string of the molecule is C=CCOC(=O)Nc1scc(-c2ccc(F)cc2)c1C(=O)O. The molecule has 0 unspecified atom stereocenters. The summed E-state index contributed by atoms with van der Waals surface area (Å²) in [7, 11) is 0. The van der Waals surface area contributed by atoms with Gasteiger partial charge in [0.15, 0.2) is 0 Å². The number of carbonyl (C=O) groups excluding carboxylic acids is 1. The molecular weight excluding hydrogens is 309 g/mol. The summed E-state index contributed by atoms with van der Waals surface area (Å²) < 4.78 is 17.7. The van der Waals surface area contributed by atoms with E-state index >= 15 is 0 Å². The topological polar surface area (TPSA) is 75.6 Å². The summed E-state index contributed by atoms with van der Waals surface area (Å²) in [6, 6.07) is 5.43. The molecule has 2 aromatic rings. The van der Waals surface area contributed by atoms with Crippen LogP contribution in [0.1, 0.15) is 10.4 Å². The van der Waals surface area contributed by atoms with Crippen molar-refractivity contribution in [2.75, 3.05) is 11.9 Å². The molecular formula is C15H12FNO4S. The maximum Gasteiger partial charge on any atom is 0.412 e. The van der Waals surface area contributed by atoms with Gasteiger partial charge < -0.3 is 9.84 Å². The molecule has 0 bridgehead atoms. The molecule has 0 aliphatic rings. The number of anilines is 1. The fourth-order valence-electron chi connectivity index (χ4n) is 1.77. The summed E-state index contributed by atoms with van der Waals surface area (Å²) in [5.41, 5.74) is 0.881. The predicted molar refractivity (Wildman–Crippen MR) is 81.8 cm³/mol. The number of halogens is 1. The largest absolute Gasteiger partial charge is 0.478 e. The maximum absolute atomic E-state index is 13.0. The summed E-state index contributed by atoms with van der Waals surface area (Å²) in [4.78, 5) is 23.0. The van der Waals surface area contributed by atoms with Crippen molar-refractivity contribution >= 4 is 28.4 Å². The highest BCUT2D eigenvalue weighted by Gasteiger charge is 2.21. The number of aromatic carboxylic acids is 1. The first-order valence-corrected chi connectivity index (χ1v) is 7.06. The number of ether oxygens (including phenoxy) is 1. The third-order valence-corrected chi connectivity index (χ3v) is 3.60. The Balaban J connectivity index is 2.33. The van der Waals surface area contributed by atoms with Crippen LogP contribution in [0, 0.1) is 5.82 Å². The van der Waals surface area contributed by atoms with E-state index in [1.54, 1.807) is 5.38 Å². The van der Waals surface area contributed by atoms with Gasteiger partial charge in [-0.05, 0) is 17.7 Å². The quantitative estimate of drug-likeness (QED) is 0.817. The molecule has 0 saturated carbocycles. The van der Waals surface area contributed by atoms with Crippen LogP contribution in [0.2, 0.25) is 0 Å². The fraction of sp³-hybridized carbons (Fsp3) is 0.0667. The number of carboxylic acid groups (broad SMARTS) is 1. The Morgan fingerprint density at radius 2 is 2.05 bits per heavy atom. The lowest BCUT2D eigenvalue weighted by atomic mass is 10.0. The molecule has 0 aliphatic carbocycles. The molecule has 0 saturated heterocycles. The molecule has 7 heteroatoms. The highest BCUT2D eigenvalue weighted by Crippen LogP contribution is 2.35. The molecule has 0 radical (unpaired) electrons. The summed E-state index contributed by atoms with van der Waals surface area (Å²) in [6.07, 6.45) is 0.630. The lowest BCUT2D eigenvalue weighted by Gasteiger charge is -2.06. The van der Waals surface area contributed by atoms with Gasteiger partial charge in [-0.1, -0.05) is 24.8 Å². The van der Waals surface area contributed by atoms with E-state index in [2.05, 4.69) is 11.9 Å². The first kappa shape index (κ1) is 15.7. The van der Waals surface area contributed by atoms with E-state index in [0.717, 1.165) is 11.3 Å². The smallest absolute Gasteiger partial charge is 0.412 e. The lowest BCUT2D eigenvalue weighted by Crippen LogP contribution is -2.14. The Morgan fingerprint density at radius 1 is 1.36 bits per heavy atom. The number of carboxylic acids is 1. The number of hydrogen-bond donors (Lipinski definition) is 2. The molecule has 0 fully saturated rings. The number of carbonyl (C=O) groups is 2. The molecule has 2 N–H and O–H groups in total. The molecule has 0 spiro atoms. The number of hydrogen-bond acceptors (Lipinski definition) is 4. The van der Waals surface area contributed by atoms with Crippen LogP contribution in [0.4, 0.5) is 14.2 Å². The van der Waals surface area contributed by atoms with E-state index in [1.165, 1.54) is 30.3 Å². The average molecular weight is 321 g/mol. The zero-order chi connectivity index (χ0) is 16.1. The second-order valence-corrected chi connectivity index (χ2v) is 5.06. The Labute approximate surface area is 129 Å². The minimum atomic E-state index is -1.19. The molecule has 5 nitrogen and oxygen atoms in total. The standard InChI is InChI=1S/C15H12FNO4S/c1-2-7-21-15(20)17-13-12(14(18)19)11(8-22-13)9-3-5-10(16)6-4-9/h2-6,8H,1,7H2,(H,17,20)(H,18,19). The van der Waals surface area contributed by atoms with Crippen molar-refractivity contribution in [2.45, 2.75) is 0 Å². The summed E-state index contributed by atoms with van der Waals surface area (Å²) in [5.74, 6) is -1.61. The van der Waals surface area contributed by atoms with Crippen LogP contribution in [0.15, 0.2) is 42.3 Å². The number of nitrogens with one attached hydrogen (secondary N) is 1. The Morgan fingerprint density at radius 3 is 2.64 bits per heavy atom. The molecule has 0 aliphatic heterocycles. The Hall–Kier alpha value is -2.67. The summed E-state index contributed by atoms with van der Waals surface area (Å²) >= 11 is 1.05. The zero-order valence-corrected chi connectivity index (χ0v) is 12.2. The number of rotatable bonds is 5. The molecule has 1 heterocycles. The molecule has 0 atom stereocenters. The van der Waals surface area contributed by atoms with Crippen molar-refractivity contribution in [1.82, 2.24) is 0 Å². The van der Waals surface area contributed by atoms with Crippen molar-refractivity contribution in [3.8, 4) is 11.1 Å². The lowest BCUT2D eigenvalue weighted by molar-refractivity contribution is 0.0699. The van der Waals surface area contributed by atoms with Gasteiger partial charge in [-0.15, -0.1) is 11.3 Å². The van der Waals surface area contributed by atoms with Crippen LogP contribution >= 0.6 is 11.3 Å². The van der Waals surface area contributed by atoms with Gasteiger partial charge in [0.25, 0.3) is 0 Å². The van der Waals surface area contributed by atoms with E-state index in [0.29, 0.717) is 11.1 Å². The average Bonchev–Trinajstić information content (AvgIpc) is 2.89. The first-order chi connectivity index (χ1) is 10.5. The summed E-state index contributed by atoms with van der Waals surface area (Å²) in [6.45, 7) is 3.43. The van der Waals surface area contributed by atoms with Crippen LogP contribution in [0.3, 0.4) is 0 Å². The maximum atomic E-state index is 13.0. The van der Waals surface area contributed by atoms with Gasteiger partial charge in [0.2, 0.25) is 0 Å². The predicted octanol–water partition coefficient (Wildman–Crippen LogP) is 3.99. The zero-order valence-electron chi connectivity index (χ0n) is 11.3. The summed E-state index contributed by atoms with van der Waals surface area (Å²) in [5, 5.41) is 13.5. The molecule has 22 heavy (non-hydrogen) atoms. The van der Waals surface area contributed by atoms with Crippen molar-refractivity contribution in [3.05, 3.63) is 53.7 Å². The number of amides is 1. The molecule has 1 aromatic heterocycles.